The number of aryl methyl sites for hydroxylation is 1. The average Bonchev–Trinajstić information content (AvgIpc) is 2.82. The summed E-state index contributed by atoms with van der Waals surface area (Å²) in [4.78, 5) is 52.4. The molecule has 0 aliphatic rings. The first-order valence-corrected chi connectivity index (χ1v) is 12.3. The lowest BCUT2D eigenvalue weighted by atomic mass is 9.97. The van der Waals surface area contributed by atoms with Crippen LogP contribution in [0.2, 0.25) is 0 Å². The molecule has 1 aromatic carbocycles. The first kappa shape index (κ1) is 30.9. The fourth-order valence-electron chi connectivity index (χ4n) is 3.58. The van der Waals surface area contributed by atoms with Crippen molar-refractivity contribution >= 4 is 23.9 Å². The first-order chi connectivity index (χ1) is 16.9. The van der Waals surface area contributed by atoms with E-state index in [1.807, 2.05) is 19.1 Å². The van der Waals surface area contributed by atoms with Gasteiger partial charge in [-0.25, -0.2) is 4.79 Å². The Bertz CT molecular complexity index is 883. The van der Waals surface area contributed by atoms with Crippen LogP contribution in [-0.2, 0) is 23.9 Å². The third kappa shape index (κ3) is 10.2. The number of benzene rings is 1. The smallest absolute Gasteiger partial charge is 0.408 e. The number of hydrogen-bond donors (Lipinski definition) is 3. The molecule has 0 spiro atoms. The molecule has 0 bridgehead atoms. The molecule has 202 valence electrons. The summed E-state index contributed by atoms with van der Waals surface area (Å²) in [5.41, 5.74) is 0.533. The summed E-state index contributed by atoms with van der Waals surface area (Å²) in [6.45, 7) is 8.08. The molecule has 1 rings (SSSR count). The highest BCUT2D eigenvalue weighted by molar-refractivity contribution is 5.93. The summed E-state index contributed by atoms with van der Waals surface area (Å²) in [6.07, 6.45) is 2.51. The van der Waals surface area contributed by atoms with Gasteiger partial charge >= 0.3 is 12.1 Å². The summed E-state index contributed by atoms with van der Waals surface area (Å²) < 4.78 is 9.86. The number of unbranched alkanes of at least 4 members (excludes halogenated alkanes) is 3. The molecule has 1 aromatic rings. The SMILES string of the molecule is CCCCCCN(C(=O)C(CO)NC(=O)OC(C)(C)C)C(C(=O)NCC(=O)OC)c1ccccc1C. The number of amides is 3. The second kappa shape index (κ2) is 15.1. The lowest BCUT2D eigenvalue weighted by Crippen LogP contribution is -2.55. The molecular weight excluding hydrogens is 466 g/mol. The Morgan fingerprint density at radius 2 is 1.75 bits per heavy atom. The Balaban J connectivity index is 3.38. The Hall–Kier alpha value is -3.14. The van der Waals surface area contributed by atoms with E-state index >= 15 is 0 Å². The predicted molar refractivity (Wildman–Crippen MR) is 135 cm³/mol. The molecule has 0 saturated heterocycles. The molecule has 0 radical (unpaired) electrons. The topological polar surface area (TPSA) is 134 Å². The summed E-state index contributed by atoms with van der Waals surface area (Å²) >= 11 is 0. The Kier molecular flexibility index (Phi) is 12.9. The van der Waals surface area contributed by atoms with Gasteiger partial charge in [-0.2, -0.15) is 0 Å². The first-order valence-electron chi connectivity index (χ1n) is 12.3. The predicted octanol–water partition coefficient (Wildman–Crippen LogP) is 2.62. The van der Waals surface area contributed by atoms with Crippen molar-refractivity contribution in [2.24, 2.45) is 0 Å². The molecule has 10 heteroatoms. The maximum absolute atomic E-state index is 13.7. The Morgan fingerprint density at radius 3 is 2.31 bits per heavy atom. The fourth-order valence-corrected chi connectivity index (χ4v) is 3.58. The van der Waals surface area contributed by atoms with Crippen molar-refractivity contribution in [3.8, 4) is 0 Å². The van der Waals surface area contributed by atoms with Crippen LogP contribution in [0.25, 0.3) is 0 Å². The van der Waals surface area contributed by atoms with Gasteiger partial charge in [0.1, 0.15) is 24.2 Å². The van der Waals surface area contributed by atoms with Crippen LogP contribution < -0.4 is 10.6 Å². The number of aliphatic hydroxyl groups is 1. The fraction of sp³-hybridized carbons (Fsp3) is 0.615. The average molecular weight is 508 g/mol. The van der Waals surface area contributed by atoms with E-state index in [0.717, 1.165) is 24.8 Å². The van der Waals surface area contributed by atoms with Crippen molar-refractivity contribution in [3.63, 3.8) is 0 Å². The molecule has 0 fully saturated rings. The second-order valence-corrected chi connectivity index (χ2v) is 9.53. The van der Waals surface area contributed by atoms with Crippen LogP contribution >= 0.6 is 0 Å². The molecule has 0 aliphatic carbocycles. The number of aliphatic hydroxyl groups excluding tert-OH is 1. The van der Waals surface area contributed by atoms with Gasteiger partial charge in [0, 0.05) is 6.54 Å². The standard InChI is InChI=1S/C26H41N3O7/c1-7-8-9-12-15-29(24(33)20(17-30)28-25(34)36-26(3,4)5)22(19-14-11-10-13-18(19)2)23(32)27-16-21(31)35-6/h10-11,13-14,20,22,30H,7-9,12,15-17H2,1-6H3,(H,27,32)(H,28,34). The maximum Gasteiger partial charge on any atom is 0.408 e. The van der Waals surface area contributed by atoms with Gasteiger partial charge in [0.25, 0.3) is 0 Å². The van der Waals surface area contributed by atoms with Crippen LogP contribution in [0.15, 0.2) is 24.3 Å². The molecule has 0 aliphatic heterocycles. The van der Waals surface area contributed by atoms with Gasteiger partial charge in [-0.05, 0) is 45.2 Å². The van der Waals surface area contributed by atoms with Crippen LogP contribution in [0.5, 0.6) is 0 Å². The summed E-state index contributed by atoms with van der Waals surface area (Å²) in [7, 11) is 1.21. The number of methoxy groups -OCH3 is 1. The van der Waals surface area contributed by atoms with Gasteiger partial charge in [0.15, 0.2) is 0 Å². The molecule has 0 aromatic heterocycles. The van der Waals surface area contributed by atoms with Crippen LogP contribution in [0.4, 0.5) is 4.79 Å². The third-order valence-electron chi connectivity index (χ3n) is 5.38. The van der Waals surface area contributed by atoms with Gasteiger partial charge in [-0.1, -0.05) is 50.5 Å². The minimum Gasteiger partial charge on any atom is -0.468 e. The quantitative estimate of drug-likeness (QED) is 0.276. The zero-order valence-electron chi connectivity index (χ0n) is 22.3. The zero-order chi connectivity index (χ0) is 27.3. The molecule has 36 heavy (non-hydrogen) atoms. The van der Waals surface area contributed by atoms with Gasteiger partial charge in [-0.3, -0.25) is 14.4 Å². The monoisotopic (exact) mass is 507 g/mol. The van der Waals surface area contributed by atoms with Crippen molar-refractivity contribution in [3.05, 3.63) is 35.4 Å². The number of rotatable bonds is 13. The van der Waals surface area contributed by atoms with E-state index in [1.54, 1.807) is 32.9 Å². The lowest BCUT2D eigenvalue weighted by Gasteiger charge is -2.34. The number of nitrogens with one attached hydrogen (secondary N) is 2. The van der Waals surface area contributed by atoms with E-state index in [1.165, 1.54) is 12.0 Å². The van der Waals surface area contributed by atoms with Crippen LogP contribution in [-0.4, -0.2) is 72.3 Å². The van der Waals surface area contributed by atoms with Gasteiger partial charge in [0.2, 0.25) is 11.8 Å². The Morgan fingerprint density at radius 1 is 1.08 bits per heavy atom. The molecule has 10 nitrogen and oxygen atoms in total. The largest absolute Gasteiger partial charge is 0.468 e. The summed E-state index contributed by atoms with van der Waals surface area (Å²) in [5, 5.41) is 14.9. The highest BCUT2D eigenvalue weighted by Gasteiger charge is 2.36. The molecule has 2 unspecified atom stereocenters. The minimum atomic E-state index is -1.33. The van der Waals surface area contributed by atoms with Crippen molar-refractivity contribution < 1.29 is 33.8 Å². The van der Waals surface area contributed by atoms with Crippen molar-refractivity contribution in [2.45, 2.75) is 78.0 Å². The minimum absolute atomic E-state index is 0.204. The number of carbonyl (C=O) groups is 4. The summed E-state index contributed by atoms with van der Waals surface area (Å²) in [6, 6.07) is 4.70. The molecule has 0 saturated carbocycles. The van der Waals surface area contributed by atoms with E-state index < -0.39 is 48.2 Å². The van der Waals surface area contributed by atoms with Gasteiger partial charge < -0.3 is 30.1 Å². The number of ether oxygens (including phenoxy) is 2. The van der Waals surface area contributed by atoms with E-state index in [4.69, 9.17) is 4.74 Å². The van der Waals surface area contributed by atoms with E-state index in [2.05, 4.69) is 22.3 Å². The van der Waals surface area contributed by atoms with Crippen molar-refractivity contribution in [1.29, 1.82) is 0 Å². The molecule has 0 heterocycles. The molecular formula is C26H41N3O7. The normalized spacial score (nSPS) is 12.8. The molecule has 3 N–H and O–H groups in total. The molecule has 3 amide bonds. The van der Waals surface area contributed by atoms with E-state index in [9.17, 15) is 24.3 Å². The number of nitrogens with zero attached hydrogens (tertiary/aromatic N) is 1. The van der Waals surface area contributed by atoms with E-state index in [0.29, 0.717) is 12.0 Å². The van der Waals surface area contributed by atoms with E-state index in [-0.39, 0.29) is 13.1 Å². The number of esters is 1. The Labute approximate surface area is 213 Å². The van der Waals surface area contributed by atoms with Crippen molar-refractivity contribution in [1.82, 2.24) is 15.5 Å². The van der Waals surface area contributed by atoms with Gasteiger partial charge in [-0.15, -0.1) is 0 Å². The second-order valence-electron chi connectivity index (χ2n) is 9.53. The maximum atomic E-state index is 13.7. The van der Waals surface area contributed by atoms with Gasteiger partial charge in [0.05, 0.1) is 13.7 Å². The van der Waals surface area contributed by atoms with Crippen molar-refractivity contribution in [2.75, 3.05) is 26.8 Å². The van der Waals surface area contributed by atoms with Crippen LogP contribution in [0.3, 0.4) is 0 Å². The zero-order valence-corrected chi connectivity index (χ0v) is 22.3. The summed E-state index contributed by atoms with van der Waals surface area (Å²) in [5.74, 6) is -1.85. The highest BCUT2D eigenvalue weighted by atomic mass is 16.6. The number of carbonyl (C=O) groups excluding carboxylic acids is 4. The number of hydrogen-bond acceptors (Lipinski definition) is 7. The number of alkyl carbamates (subject to hydrolysis) is 1. The lowest BCUT2D eigenvalue weighted by molar-refractivity contribution is -0.145. The molecule has 2 atom stereocenters. The van der Waals surface area contributed by atoms with Crippen LogP contribution in [0, 0.1) is 6.92 Å². The van der Waals surface area contributed by atoms with Crippen LogP contribution in [0.1, 0.15) is 70.5 Å². The third-order valence-corrected chi connectivity index (χ3v) is 5.38. The highest BCUT2D eigenvalue weighted by Crippen LogP contribution is 2.26.